The quantitative estimate of drug-likeness (QED) is 0.444. The molecule has 2 heterocycles. The summed E-state index contributed by atoms with van der Waals surface area (Å²) in [6, 6.07) is 15.0. The first kappa shape index (κ1) is 29.7. The molecule has 0 radical (unpaired) electrons. The average Bonchev–Trinajstić information content (AvgIpc) is 3.33. The molecular weight excluding hydrogens is 528 g/mol. The van der Waals surface area contributed by atoms with E-state index in [0.717, 1.165) is 43.7 Å². The van der Waals surface area contributed by atoms with E-state index in [1.165, 1.54) is 0 Å². The fourth-order valence-corrected chi connectivity index (χ4v) is 6.00. The van der Waals surface area contributed by atoms with Gasteiger partial charge in [0.15, 0.2) is 0 Å². The zero-order chi connectivity index (χ0) is 28.7. The van der Waals surface area contributed by atoms with Crippen molar-refractivity contribution in [2.24, 2.45) is 0 Å². The Hall–Kier alpha value is -3.24. The van der Waals surface area contributed by atoms with Crippen LogP contribution in [0, 0.1) is 0 Å². The zero-order valence-electron chi connectivity index (χ0n) is 23.9. The highest BCUT2D eigenvalue weighted by molar-refractivity contribution is 8.00. The van der Waals surface area contributed by atoms with Crippen molar-refractivity contribution in [2.45, 2.75) is 44.6 Å². The molecule has 3 amide bonds. The minimum Gasteiger partial charge on any atom is -0.495 e. The molecule has 2 aliphatic rings. The van der Waals surface area contributed by atoms with E-state index in [-0.39, 0.29) is 23.3 Å². The number of hydrogen-bond donors (Lipinski definition) is 1. The molecule has 40 heavy (non-hydrogen) atoms. The second-order valence-corrected chi connectivity index (χ2v) is 12.1. The maximum atomic E-state index is 12.9. The summed E-state index contributed by atoms with van der Waals surface area (Å²) in [6.45, 7) is 10.1. The van der Waals surface area contributed by atoms with Crippen molar-refractivity contribution in [3.05, 3.63) is 59.7 Å². The Labute approximate surface area is 241 Å². The molecule has 2 saturated heterocycles. The lowest BCUT2D eigenvalue weighted by Crippen LogP contribution is -2.50. The minimum atomic E-state index is -0.481. The molecule has 9 nitrogen and oxygen atoms in total. The highest BCUT2D eigenvalue weighted by Crippen LogP contribution is 2.44. The van der Waals surface area contributed by atoms with Gasteiger partial charge in [0.1, 0.15) is 16.7 Å². The van der Waals surface area contributed by atoms with Gasteiger partial charge in [0.05, 0.1) is 18.6 Å². The standard InChI is InChI=1S/C30H40N4O5S/c1-30(2,3)39-29(37)33-18-16-32(17-19-33)15-8-7-14-31-27(36)22-10-9-11-23(20-22)28-34(26(35)21-40-28)24-12-5-6-13-25(24)38-4/h5-6,9-13,20,28H,7-8,14-19,21H2,1-4H3,(H,31,36). The summed E-state index contributed by atoms with van der Waals surface area (Å²) in [7, 11) is 1.60. The molecule has 4 rings (SSSR count). The SMILES string of the molecule is COc1ccccc1N1C(=O)CSC1c1cccc(C(=O)NCCCCN2CCN(C(=O)OC(C)(C)C)CC2)c1. The Morgan fingerprint density at radius 3 is 2.50 bits per heavy atom. The molecule has 0 saturated carbocycles. The Balaban J connectivity index is 1.23. The van der Waals surface area contributed by atoms with Gasteiger partial charge in [-0.25, -0.2) is 4.79 Å². The van der Waals surface area contributed by atoms with Crippen molar-refractivity contribution < 1.29 is 23.9 Å². The first-order chi connectivity index (χ1) is 19.2. The van der Waals surface area contributed by atoms with Crippen molar-refractivity contribution in [2.75, 3.05) is 57.0 Å². The van der Waals surface area contributed by atoms with Crippen molar-refractivity contribution in [1.29, 1.82) is 0 Å². The maximum absolute atomic E-state index is 12.9. The number of ether oxygens (including phenoxy) is 2. The number of thioether (sulfide) groups is 1. The number of para-hydroxylation sites is 2. The Kier molecular flexibility index (Phi) is 9.97. The third kappa shape index (κ3) is 7.69. The van der Waals surface area contributed by atoms with Crippen LogP contribution in [-0.4, -0.2) is 85.4 Å². The van der Waals surface area contributed by atoms with Gasteiger partial charge in [-0.3, -0.25) is 19.4 Å². The van der Waals surface area contributed by atoms with Crippen LogP contribution in [0.25, 0.3) is 0 Å². The Morgan fingerprint density at radius 2 is 1.77 bits per heavy atom. The van der Waals surface area contributed by atoms with Gasteiger partial charge >= 0.3 is 6.09 Å². The summed E-state index contributed by atoms with van der Waals surface area (Å²) in [4.78, 5) is 43.8. The fourth-order valence-electron chi connectivity index (χ4n) is 4.84. The molecule has 2 fully saturated rings. The summed E-state index contributed by atoms with van der Waals surface area (Å²) >= 11 is 1.54. The van der Waals surface area contributed by atoms with E-state index < -0.39 is 5.60 Å². The second-order valence-electron chi connectivity index (χ2n) is 11.0. The minimum absolute atomic E-state index is 0.0145. The number of methoxy groups -OCH3 is 1. The smallest absolute Gasteiger partial charge is 0.410 e. The van der Waals surface area contributed by atoms with Crippen LogP contribution in [0.1, 0.15) is 54.9 Å². The molecule has 10 heteroatoms. The lowest BCUT2D eigenvalue weighted by atomic mass is 10.1. The number of hydrogen-bond acceptors (Lipinski definition) is 7. The summed E-state index contributed by atoms with van der Waals surface area (Å²) < 4.78 is 11.0. The highest BCUT2D eigenvalue weighted by Gasteiger charge is 2.35. The number of nitrogens with zero attached hydrogens (tertiary/aromatic N) is 3. The number of unbranched alkanes of at least 4 members (excludes halogenated alkanes) is 1. The number of anilines is 1. The Bertz CT molecular complexity index is 1190. The molecule has 0 aromatic heterocycles. The van der Waals surface area contributed by atoms with Crippen LogP contribution in [0.3, 0.4) is 0 Å². The van der Waals surface area contributed by atoms with Gasteiger partial charge in [0.25, 0.3) is 5.91 Å². The summed E-state index contributed by atoms with van der Waals surface area (Å²) in [5.74, 6) is 0.906. The monoisotopic (exact) mass is 568 g/mol. The third-order valence-electron chi connectivity index (χ3n) is 6.86. The van der Waals surface area contributed by atoms with E-state index >= 15 is 0 Å². The molecule has 0 bridgehead atoms. The lowest BCUT2D eigenvalue weighted by molar-refractivity contribution is -0.115. The van der Waals surface area contributed by atoms with Crippen molar-refractivity contribution >= 4 is 35.4 Å². The van der Waals surface area contributed by atoms with E-state index in [1.54, 1.807) is 34.7 Å². The number of benzene rings is 2. The predicted molar refractivity (Wildman–Crippen MR) is 158 cm³/mol. The van der Waals surface area contributed by atoms with Gasteiger partial charge in [-0.05, 0) is 70.0 Å². The normalized spacial score (nSPS) is 18.1. The van der Waals surface area contributed by atoms with E-state index in [9.17, 15) is 14.4 Å². The second kappa shape index (κ2) is 13.4. The van der Waals surface area contributed by atoms with Crippen LogP contribution in [0.2, 0.25) is 0 Å². The van der Waals surface area contributed by atoms with Crippen LogP contribution in [0.15, 0.2) is 48.5 Å². The van der Waals surface area contributed by atoms with E-state index in [4.69, 9.17) is 9.47 Å². The molecule has 1 unspecified atom stereocenters. The number of amides is 3. The summed E-state index contributed by atoms with van der Waals surface area (Å²) in [5, 5.41) is 2.80. The zero-order valence-corrected chi connectivity index (χ0v) is 24.7. The Morgan fingerprint density at radius 1 is 1.02 bits per heavy atom. The van der Waals surface area contributed by atoms with Gasteiger partial charge in [-0.2, -0.15) is 0 Å². The van der Waals surface area contributed by atoms with E-state index in [0.29, 0.717) is 36.7 Å². The van der Waals surface area contributed by atoms with Crippen LogP contribution >= 0.6 is 11.8 Å². The van der Waals surface area contributed by atoms with Crippen LogP contribution in [0.4, 0.5) is 10.5 Å². The number of carbonyl (C=O) groups is 3. The largest absolute Gasteiger partial charge is 0.495 e. The molecule has 0 spiro atoms. The number of piperazine rings is 1. The molecule has 216 valence electrons. The van der Waals surface area contributed by atoms with Gasteiger partial charge in [0.2, 0.25) is 5.91 Å². The highest BCUT2D eigenvalue weighted by atomic mass is 32.2. The molecular formula is C30H40N4O5S. The predicted octanol–water partition coefficient (Wildman–Crippen LogP) is 4.54. The van der Waals surface area contributed by atoms with Crippen LogP contribution in [0.5, 0.6) is 5.75 Å². The molecule has 2 aromatic rings. The van der Waals surface area contributed by atoms with Gasteiger partial charge in [0, 0.05) is 38.3 Å². The van der Waals surface area contributed by atoms with Crippen molar-refractivity contribution in [3.63, 3.8) is 0 Å². The summed E-state index contributed by atoms with van der Waals surface area (Å²) in [6.07, 6.45) is 1.58. The molecule has 2 aliphatic heterocycles. The average molecular weight is 569 g/mol. The van der Waals surface area contributed by atoms with Gasteiger partial charge < -0.3 is 19.7 Å². The fraction of sp³-hybridized carbons (Fsp3) is 0.500. The third-order valence-corrected chi connectivity index (χ3v) is 8.07. The molecule has 0 aliphatic carbocycles. The van der Waals surface area contributed by atoms with Crippen LogP contribution in [-0.2, 0) is 9.53 Å². The van der Waals surface area contributed by atoms with Gasteiger partial charge in [-0.1, -0.05) is 24.3 Å². The number of carbonyl (C=O) groups excluding carboxylic acids is 3. The van der Waals surface area contributed by atoms with E-state index in [2.05, 4.69) is 10.2 Å². The van der Waals surface area contributed by atoms with Crippen molar-refractivity contribution in [3.8, 4) is 5.75 Å². The van der Waals surface area contributed by atoms with Gasteiger partial charge in [-0.15, -0.1) is 11.8 Å². The summed E-state index contributed by atoms with van der Waals surface area (Å²) in [5.41, 5.74) is 1.73. The number of rotatable bonds is 9. The first-order valence-corrected chi connectivity index (χ1v) is 14.9. The topological polar surface area (TPSA) is 91.4 Å². The molecule has 1 N–H and O–H groups in total. The first-order valence-electron chi connectivity index (χ1n) is 13.8. The van der Waals surface area contributed by atoms with E-state index in [1.807, 2.05) is 63.2 Å². The van der Waals surface area contributed by atoms with Crippen molar-refractivity contribution in [1.82, 2.24) is 15.1 Å². The maximum Gasteiger partial charge on any atom is 0.410 e. The molecule has 1 atom stereocenters. The number of nitrogens with one attached hydrogen (secondary N) is 1. The lowest BCUT2D eigenvalue weighted by Gasteiger charge is -2.35. The molecule has 2 aromatic carbocycles. The van der Waals surface area contributed by atoms with Crippen LogP contribution < -0.4 is 15.0 Å².